The van der Waals surface area contributed by atoms with E-state index in [1.54, 1.807) is 18.2 Å². The Kier molecular flexibility index (Phi) is 8.20. The van der Waals surface area contributed by atoms with Crippen molar-refractivity contribution in [2.75, 3.05) is 60.6 Å². The highest BCUT2D eigenvalue weighted by Crippen LogP contribution is 2.35. The van der Waals surface area contributed by atoms with Crippen molar-refractivity contribution in [3.63, 3.8) is 0 Å². The molecule has 10 nitrogen and oxygen atoms in total. The maximum absolute atomic E-state index is 14.0. The molecule has 1 aromatic carbocycles. The van der Waals surface area contributed by atoms with Crippen molar-refractivity contribution in [2.45, 2.75) is 38.6 Å². The average Bonchev–Trinajstić information content (AvgIpc) is 3.36. The van der Waals surface area contributed by atoms with Crippen LogP contribution in [-0.2, 0) is 14.4 Å². The predicted octanol–water partition coefficient (Wildman–Crippen LogP) is 4.08. The second-order valence-electron chi connectivity index (χ2n) is 10.2. The van der Waals surface area contributed by atoms with Crippen molar-refractivity contribution in [3.05, 3.63) is 46.6 Å². The lowest BCUT2D eigenvalue weighted by Crippen LogP contribution is -2.39. The molecule has 3 aromatic rings. The third-order valence-corrected chi connectivity index (χ3v) is 7.85. The summed E-state index contributed by atoms with van der Waals surface area (Å²) in [4.78, 5) is 22.9. The molecule has 210 valence electrons. The first-order chi connectivity index (χ1) is 18.7. The topological polar surface area (TPSA) is 104 Å². The third kappa shape index (κ3) is 6.26. The number of hydrogen-bond acceptors (Lipinski definition) is 7. The maximum atomic E-state index is 14.0. The number of aromatic nitrogens is 3. The van der Waals surface area contributed by atoms with Crippen LogP contribution in [-0.4, -0.2) is 81.1 Å². The third-order valence-electron chi connectivity index (χ3n) is 6.96. The number of morpholine rings is 1. The molecule has 0 radical (unpaired) electrons. The zero-order valence-electron chi connectivity index (χ0n) is 22.5. The van der Waals surface area contributed by atoms with Gasteiger partial charge in [-0.05, 0) is 49.8 Å². The SMILES string of the molecule is C=S(C)(=O)Nc1ccc(Cl)cc1C(=O)N1CCCC[C@H]1c1cc2nc(NCCC)cc(N3CCOCC3)n2n1. The molecule has 0 saturated carbocycles. The number of nitrogens with one attached hydrogen (secondary N) is 2. The number of piperidine rings is 1. The van der Waals surface area contributed by atoms with Gasteiger partial charge in [-0.25, -0.2) is 9.19 Å². The van der Waals surface area contributed by atoms with Gasteiger partial charge in [-0.2, -0.15) is 9.61 Å². The molecule has 2 aliphatic rings. The van der Waals surface area contributed by atoms with Gasteiger partial charge in [-0.3, -0.25) is 4.79 Å². The van der Waals surface area contributed by atoms with E-state index in [1.165, 1.54) is 6.26 Å². The molecule has 2 N–H and O–H groups in total. The molecule has 2 saturated heterocycles. The molecule has 39 heavy (non-hydrogen) atoms. The van der Waals surface area contributed by atoms with Crippen LogP contribution in [0.25, 0.3) is 5.65 Å². The molecule has 12 heteroatoms. The molecule has 0 spiro atoms. The number of amides is 1. The Morgan fingerprint density at radius 3 is 2.74 bits per heavy atom. The van der Waals surface area contributed by atoms with Crippen LogP contribution in [0.15, 0.2) is 30.3 Å². The zero-order chi connectivity index (χ0) is 27.6. The lowest BCUT2D eigenvalue weighted by atomic mass is 9.98. The van der Waals surface area contributed by atoms with Gasteiger partial charge >= 0.3 is 0 Å². The number of likely N-dealkylation sites (tertiary alicyclic amines) is 1. The summed E-state index contributed by atoms with van der Waals surface area (Å²) in [6.07, 6.45) is 5.15. The van der Waals surface area contributed by atoms with Crippen LogP contribution >= 0.6 is 11.6 Å². The Balaban J connectivity index is 1.53. The summed E-state index contributed by atoms with van der Waals surface area (Å²) in [6, 6.07) is 8.77. The van der Waals surface area contributed by atoms with Crippen molar-refractivity contribution >= 4 is 56.1 Å². The maximum Gasteiger partial charge on any atom is 0.256 e. The monoisotopic (exact) mass is 573 g/mol. The molecule has 0 aliphatic carbocycles. The summed E-state index contributed by atoms with van der Waals surface area (Å²) >= 11 is 6.29. The van der Waals surface area contributed by atoms with Crippen LogP contribution in [0.3, 0.4) is 0 Å². The van der Waals surface area contributed by atoms with E-state index < -0.39 is 9.71 Å². The first kappa shape index (κ1) is 27.5. The number of nitrogens with zero attached hydrogens (tertiary/aromatic N) is 5. The lowest BCUT2D eigenvalue weighted by molar-refractivity contribution is 0.0607. The Labute approximate surface area is 234 Å². The fourth-order valence-corrected chi connectivity index (χ4v) is 5.97. The number of carbonyl (C=O) groups is 1. The fraction of sp³-hybridized carbons (Fsp3) is 0.481. The van der Waals surface area contributed by atoms with Crippen molar-refractivity contribution in [1.29, 1.82) is 0 Å². The average molecular weight is 574 g/mol. The molecule has 2 atom stereocenters. The zero-order valence-corrected chi connectivity index (χ0v) is 24.1. The Bertz CT molecular complexity index is 1450. The van der Waals surface area contributed by atoms with Gasteiger partial charge in [-0.15, -0.1) is 0 Å². The van der Waals surface area contributed by atoms with Gasteiger partial charge in [0.2, 0.25) is 0 Å². The largest absolute Gasteiger partial charge is 0.378 e. The van der Waals surface area contributed by atoms with Crippen molar-refractivity contribution in [3.8, 4) is 0 Å². The van der Waals surface area contributed by atoms with Gasteiger partial charge in [0.1, 0.15) is 11.6 Å². The first-order valence-electron chi connectivity index (χ1n) is 13.4. The molecule has 1 amide bonds. The lowest BCUT2D eigenvalue weighted by Gasteiger charge is -2.35. The van der Waals surface area contributed by atoms with E-state index in [4.69, 9.17) is 26.4 Å². The van der Waals surface area contributed by atoms with E-state index >= 15 is 0 Å². The number of fused-ring (bicyclic) bond motifs is 1. The number of carbonyl (C=O) groups excluding carboxylic acids is 1. The summed E-state index contributed by atoms with van der Waals surface area (Å²) in [5, 5.41) is 8.86. The number of hydrogen-bond donors (Lipinski definition) is 2. The van der Waals surface area contributed by atoms with E-state index in [1.807, 2.05) is 21.5 Å². The number of halogens is 1. The van der Waals surface area contributed by atoms with Gasteiger partial charge in [0.05, 0.1) is 36.2 Å². The molecule has 1 unspecified atom stereocenters. The van der Waals surface area contributed by atoms with Crippen LogP contribution in [0, 0.1) is 0 Å². The van der Waals surface area contributed by atoms with Gasteiger partial charge in [0.15, 0.2) is 5.65 Å². The highest BCUT2D eigenvalue weighted by atomic mass is 35.5. The van der Waals surface area contributed by atoms with Gasteiger partial charge < -0.3 is 24.6 Å². The summed E-state index contributed by atoms with van der Waals surface area (Å²) in [6.45, 7) is 6.39. The minimum absolute atomic E-state index is 0.183. The van der Waals surface area contributed by atoms with Crippen LogP contribution in [0.5, 0.6) is 0 Å². The molecule has 2 aliphatic heterocycles. The molecule has 4 heterocycles. The van der Waals surface area contributed by atoms with E-state index in [9.17, 15) is 9.00 Å². The predicted molar refractivity (Wildman–Crippen MR) is 159 cm³/mol. The minimum atomic E-state index is -2.59. The van der Waals surface area contributed by atoms with Crippen LogP contribution in [0.2, 0.25) is 5.02 Å². The highest BCUT2D eigenvalue weighted by molar-refractivity contribution is 8.00. The second-order valence-corrected chi connectivity index (χ2v) is 12.8. The second kappa shape index (κ2) is 11.6. The Morgan fingerprint density at radius 2 is 2.00 bits per heavy atom. The number of ether oxygens (including phenoxy) is 1. The van der Waals surface area contributed by atoms with E-state index in [0.29, 0.717) is 36.0 Å². The quantitative estimate of drug-likeness (QED) is 0.391. The Morgan fingerprint density at radius 1 is 1.21 bits per heavy atom. The number of rotatable bonds is 8. The Hall–Kier alpha value is -3.02. The van der Waals surface area contributed by atoms with Crippen molar-refractivity contribution in [1.82, 2.24) is 19.5 Å². The van der Waals surface area contributed by atoms with E-state index in [-0.39, 0.29) is 11.9 Å². The van der Waals surface area contributed by atoms with Crippen molar-refractivity contribution < 1.29 is 13.7 Å². The van der Waals surface area contributed by atoms with Gasteiger partial charge in [-0.1, -0.05) is 18.5 Å². The van der Waals surface area contributed by atoms with Crippen LogP contribution < -0.4 is 14.9 Å². The molecule has 5 rings (SSSR count). The first-order valence-corrected chi connectivity index (χ1v) is 15.9. The number of benzene rings is 1. The molecule has 2 fully saturated rings. The van der Waals surface area contributed by atoms with Gasteiger partial charge in [0.25, 0.3) is 5.91 Å². The van der Waals surface area contributed by atoms with Crippen LogP contribution in [0.4, 0.5) is 17.3 Å². The molecule has 0 bridgehead atoms. The van der Waals surface area contributed by atoms with E-state index in [0.717, 1.165) is 68.3 Å². The fourth-order valence-electron chi connectivity index (χ4n) is 5.15. The summed E-state index contributed by atoms with van der Waals surface area (Å²) in [5.74, 6) is 5.26. The summed E-state index contributed by atoms with van der Waals surface area (Å²) < 4.78 is 22.8. The molecule has 2 aromatic heterocycles. The highest BCUT2D eigenvalue weighted by Gasteiger charge is 2.32. The normalized spacial score (nSPS) is 19.6. The summed E-state index contributed by atoms with van der Waals surface area (Å²) in [7, 11) is -2.59. The summed E-state index contributed by atoms with van der Waals surface area (Å²) in [5.41, 5.74) is 2.35. The van der Waals surface area contributed by atoms with Crippen molar-refractivity contribution in [2.24, 2.45) is 0 Å². The van der Waals surface area contributed by atoms with Crippen LogP contribution in [0.1, 0.15) is 54.7 Å². The molecular weight excluding hydrogens is 538 g/mol. The smallest absolute Gasteiger partial charge is 0.256 e. The number of anilines is 3. The minimum Gasteiger partial charge on any atom is -0.378 e. The standard InChI is InChI=1S/C27H36ClN7O3S/c1-4-10-29-24-18-26(33-12-14-38-15-13-33)35-25(30-24)17-22(31-35)23-7-5-6-11-34(23)27(36)20-16-19(28)8-9-21(20)32-39(2,3)37/h8-9,16-18,23H,2,4-7,10-15H2,1,3H3,(H,29,30)(H,32,37)/t23-,39?/m0/s1. The van der Waals surface area contributed by atoms with E-state index in [2.05, 4.69) is 27.7 Å². The molecular formula is C27H36ClN7O3S. The van der Waals surface area contributed by atoms with Gasteiger partial charge in [0, 0.05) is 59.3 Å².